The zero-order valence-corrected chi connectivity index (χ0v) is 15.3. The van der Waals surface area contributed by atoms with Gasteiger partial charge < -0.3 is 5.32 Å². The van der Waals surface area contributed by atoms with Gasteiger partial charge in [0.05, 0.1) is 4.90 Å². The van der Waals surface area contributed by atoms with Crippen LogP contribution in [-0.4, -0.2) is 31.2 Å². The number of carbonyl (C=O) groups excluding carboxylic acids is 1. The van der Waals surface area contributed by atoms with Crippen LogP contribution in [0.5, 0.6) is 0 Å². The van der Waals surface area contributed by atoms with Crippen LogP contribution in [0.1, 0.15) is 36.5 Å². The summed E-state index contributed by atoms with van der Waals surface area (Å²) < 4.78 is 40.3. The highest BCUT2D eigenvalue weighted by atomic mass is 32.2. The maximum Gasteiger partial charge on any atom is 0.255 e. The fourth-order valence-electron chi connectivity index (χ4n) is 3.10. The third-order valence-electron chi connectivity index (χ3n) is 4.55. The predicted octanol–water partition coefficient (Wildman–Crippen LogP) is 3.64. The largest absolute Gasteiger partial charge is 0.322 e. The third-order valence-corrected chi connectivity index (χ3v) is 6.56. The van der Waals surface area contributed by atoms with Crippen molar-refractivity contribution in [3.63, 3.8) is 0 Å². The van der Waals surface area contributed by atoms with Crippen molar-refractivity contribution in [1.82, 2.24) is 4.31 Å². The molecule has 3 rings (SSSR count). The molecule has 1 aliphatic rings. The van der Waals surface area contributed by atoms with Crippen molar-refractivity contribution in [3.8, 4) is 0 Å². The number of hydrogen-bond acceptors (Lipinski definition) is 3. The van der Waals surface area contributed by atoms with Gasteiger partial charge in [-0.05, 0) is 62.2 Å². The lowest BCUT2D eigenvalue weighted by Gasteiger charge is -2.32. The summed E-state index contributed by atoms with van der Waals surface area (Å²) in [5.41, 5.74) is 0.675. The van der Waals surface area contributed by atoms with Crippen molar-refractivity contribution in [2.45, 2.75) is 37.1 Å². The molecule has 1 atom stereocenters. The van der Waals surface area contributed by atoms with Gasteiger partial charge in [-0.2, -0.15) is 4.31 Å². The Kier molecular flexibility index (Phi) is 5.38. The maximum absolute atomic E-state index is 13.0. The van der Waals surface area contributed by atoms with Crippen LogP contribution in [0.25, 0.3) is 0 Å². The van der Waals surface area contributed by atoms with E-state index in [9.17, 15) is 17.6 Å². The zero-order valence-electron chi connectivity index (χ0n) is 14.5. The lowest BCUT2D eigenvalue weighted by atomic mass is 10.1. The van der Waals surface area contributed by atoms with Gasteiger partial charge in [0, 0.05) is 23.8 Å². The van der Waals surface area contributed by atoms with Crippen LogP contribution < -0.4 is 5.32 Å². The summed E-state index contributed by atoms with van der Waals surface area (Å²) in [6.45, 7) is 2.40. The molecule has 1 heterocycles. The first-order valence-electron chi connectivity index (χ1n) is 8.57. The summed E-state index contributed by atoms with van der Waals surface area (Å²) in [6.07, 6.45) is 2.70. The van der Waals surface area contributed by atoms with Crippen LogP contribution in [-0.2, 0) is 10.0 Å². The van der Waals surface area contributed by atoms with E-state index in [1.807, 2.05) is 6.92 Å². The van der Waals surface area contributed by atoms with Gasteiger partial charge in [0.1, 0.15) is 5.82 Å². The predicted molar refractivity (Wildman–Crippen MR) is 98.0 cm³/mol. The fraction of sp³-hybridized carbons (Fsp3) is 0.316. The van der Waals surface area contributed by atoms with E-state index in [4.69, 9.17) is 0 Å². The van der Waals surface area contributed by atoms with E-state index in [0.29, 0.717) is 12.2 Å². The normalized spacial score (nSPS) is 18.5. The Hall–Kier alpha value is -2.25. The third kappa shape index (κ3) is 3.94. The summed E-state index contributed by atoms with van der Waals surface area (Å²) in [7, 11) is -3.64. The van der Waals surface area contributed by atoms with E-state index in [-0.39, 0.29) is 16.5 Å². The Morgan fingerprint density at radius 3 is 2.58 bits per heavy atom. The number of nitrogens with zero attached hydrogens (tertiary/aromatic N) is 1. The van der Waals surface area contributed by atoms with E-state index >= 15 is 0 Å². The molecular weight excluding hydrogens is 355 g/mol. The average molecular weight is 376 g/mol. The average Bonchev–Trinajstić information content (AvgIpc) is 2.64. The second-order valence-corrected chi connectivity index (χ2v) is 8.34. The zero-order chi connectivity index (χ0) is 18.7. The molecule has 2 aromatic carbocycles. The molecule has 1 fully saturated rings. The summed E-state index contributed by atoms with van der Waals surface area (Å²) in [6, 6.07) is 11.3. The van der Waals surface area contributed by atoms with Gasteiger partial charge in [-0.15, -0.1) is 0 Å². The molecule has 1 N–H and O–H groups in total. The number of carbonyl (C=O) groups is 1. The first kappa shape index (κ1) is 18.5. The number of rotatable bonds is 4. The number of nitrogens with one attached hydrogen (secondary N) is 1. The first-order chi connectivity index (χ1) is 12.4. The number of sulfonamides is 1. The van der Waals surface area contributed by atoms with Crippen LogP contribution in [0.15, 0.2) is 53.4 Å². The Morgan fingerprint density at radius 1 is 1.15 bits per heavy atom. The topological polar surface area (TPSA) is 66.5 Å². The maximum atomic E-state index is 13.0. The van der Waals surface area contributed by atoms with Crippen LogP contribution in [0, 0.1) is 5.82 Å². The minimum absolute atomic E-state index is 0.0505. The van der Waals surface area contributed by atoms with Crippen molar-refractivity contribution >= 4 is 21.6 Å². The number of benzene rings is 2. The summed E-state index contributed by atoms with van der Waals surface area (Å²) in [5.74, 6) is -0.841. The molecule has 0 saturated carbocycles. The van der Waals surface area contributed by atoms with Gasteiger partial charge in [-0.3, -0.25) is 4.79 Å². The molecule has 0 aliphatic carbocycles. The standard InChI is InChI=1S/C19H21FN2O3S/c1-14-5-2-3-12-22(14)26(24,25)18-7-4-6-15(13-18)19(23)21-17-10-8-16(20)9-11-17/h4,6-11,13-14H,2-3,5,12H2,1H3,(H,21,23). The molecule has 1 amide bonds. The smallest absolute Gasteiger partial charge is 0.255 e. The summed E-state index contributed by atoms with van der Waals surface area (Å²) in [5, 5.41) is 2.64. The highest BCUT2D eigenvalue weighted by Gasteiger charge is 2.31. The van der Waals surface area contributed by atoms with Gasteiger partial charge in [-0.1, -0.05) is 12.5 Å². The molecular formula is C19H21FN2O3S. The van der Waals surface area contributed by atoms with Gasteiger partial charge in [0.2, 0.25) is 10.0 Å². The van der Waals surface area contributed by atoms with Crippen LogP contribution in [0.2, 0.25) is 0 Å². The second-order valence-electron chi connectivity index (χ2n) is 6.45. The number of hydrogen-bond donors (Lipinski definition) is 1. The number of anilines is 1. The van der Waals surface area contributed by atoms with Crippen molar-refractivity contribution in [3.05, 3.63) is 59.9 Å². The first-order valence-corrected chi connectivity index (χ1v) is 10.0. The molecule has 0 bridgehead atoms. The number of amides is 1. The van der Waals surface area contributed by atoms with Gasteiger partial charge in [0.15, 0.2) is 0 Å². The molecule has 5 nitrogen and oxygen atoms in total. The number of piperidine rings is 1. The van der Waals surface area contributed by atoms with E-state index in [0.717, 1.165) is 19.3 Å². The molecule has 0 spiro atoms. The minimum atomic E-state index is -3.64. The molecule has 0 radical (unpaired) electrons. The molecule has 1 unspecified atom stereocenters. The molecule has 138 valence electrons. The SMILES string of the molecule is CC1CCCCN1S(=O)(=O)c1cccc(C(=O)Nc2ccc(F)cc2)c1. The Bertz CT molecular complexity index is 897. The van der Waals surface area contributed by atoms with Gasteiger partial charge >= 0.3 is 0 Å². The van der Waals surface area contributed by atoms with Gasteiger partial charge in [0.25, 0.3) is 5.91 Å². The van der Waals surface area contributed by atoms with E-state index in [2.05, 4.69) is 5.32 Å². The molecule has 26 heavy (non-hydrogen) atoms. The van der Waals surface area contributed by atoms with Crippen LogP contribution in [0.3, 0.4) is 0 Å². The highest BCUT2D eigenvalue weighted by Crippen LogP contribution is 2.25. The highest BCUT2D eigenvalue weighted by molar-refractivity contribution is 7.89. The van der Waals surface area contributed by atoms with Crippen LogP contribution >= 0.6 is 0 Å². The monoisotopic (exact) mass is 376 g/mol. The lowest BCUT2D eigenvalue weighted by Crippen LogP contribution is -2.41. The van der Waals surface area contributed by atoms with Crippen LogP contribution in [0.4, 0.5) is 10.1 Å². The summed E-state index contributed by atoms with van der Waals surface area (Å²) >= 11 is 0. The van der Waals surface area contributed by atoms with Crippen molar-refractivity contribution < 1.29 is 17.6 Å². The van der Waals surface area contributed by atoms with Gasteiger partial charge in [-0.25, -0.2) is 12.8 Å². The molecule has 1 saturated heterocycles. The molecule has 2 aromatic rings. The summed E-state index contributed by atoms with van der Waals surface area (Å²) in [4.78, 5) is 12.5. The molecule has 0 aromatic heterocycles. The van der Waals surface area contributed by atoms with Crippen molar-refractivity contribution in [2.24, 2.45) is 0 Å². The van der Waals surface area contributed by atoms with Crippen molar-refractivity contribution in [1.29, 1.82) is 0 Å². The van der Waals surface area contributed by atoms with Crippen molar-refractivity contribution in [2.75, 3.05) is 11.9 Å². The molecule has 7 heteroatoms. The fourth-order valence-corrected chi connectivity index (χ4v) is 4.84. The lowest BCUT2D eigenvalue weighted by molar-refractivity contribution is 0.102. The van der Waals surface area contributed by atoms with E-state index < -0.39 is 21.7 Å². The second kappa shape index (κ2) is 7.55. The Balaban J connectivity index is 1.83. The van der Waals surface area contributed by atoms with E-state index in [1.165, 1.54) is 40.7 Å². The van der Waals surface area contributed by atoms with E-state index in [1.54, 1.807) is 12.1 Å². The molecule has 1 aliphatic heterocycles. The Morgan fingerprint density at radius 2 is 1.88 bits per heavy atom. The minimum Gasteiger partial charge on any atom is -0.322 e. The number of halogens is 1. The Labute approximate surface area is 152 Å². The quantitative estimate of drug-likeness (QED) is 0.886.